The molecule has 0 bridgehead atoms. The molecule has 0 spiro atoms. The standard InChI is InChI=1S/C16H18N2O3S/c1-11-6-9-15(21-2)16(17-11)18-22(19,20)14-8-7-12-4-3-5-13(12)10-14/h6-10H,3-5H2,1-2H3,(H,17,18). The monoisotopic (exact) mass is 318 g/mol. The maximum atomic E-state index is 12.6. The van der Waals surface area contributed by atoms with Crippen molar-refractivity contribution < 1.29 is 13.2 Å². The average molecular weight is 318 g/mol. The number of aryl methyl sites for hydroxylation is 3. The van der Waals surface area contributed by atoms with E-state index in [0.29, 0.717) is 11.4 Å². The Labute approximate surface area is 130 Å². The Balaban J connectivity index is 1.96. The summed E-state index contributed by atoms with van der Waals surface area (Å²) in [5, 5.41) is 0. The topological polar surface area (TPSA) is 68.3 Å². The van der Waals surface area contributed by atoms with Crippen molar-refractivity contribution in [3.63, 3.8) is 0 Å². The van der Waals surface area contributed by atoms with Crippen molar-refractivity contribution >= 4 is 15.8 Å². The van der Waals surface area contributed by atoms with E-state index in [1.807, 2.05) is 6.07 Å². The van der Waals surface area contributed by atoms with Gasteiger partial charge in [-0.05, 0) is 61.6 Å². The molecule has 0 amide bonds. The van der Waals surface area contributed by atoms with Crippen LogP contribution in [0, 0.1) is 6.92 Å². The van der Waals surface area contributed by atoms with Crippen LogP contribution in [-0.4, -0.2) is 20.5 Å². The highest BCUT2D eigenvalue weighted by Gasteiger charge is 2.20. The van der Waals surface area contributed by atoms with E-state index in [1.165, 1.54) is 12.7 Å². The molecule has 1 aliphatic carbocycles. The third-order valence-corrected chi connectivity index (χ3v) is 5.17. The van der Waals surface area contributed by atoms with Crippen LogP contribution in [0.25, 0.3) is 0 Å². The highest BCUT2D eigenvalue weighted by atomic mass is 32.2. The smallest absolute Gasteiger partial charge is 0.263 e. The van der Waals surface area contributed by atoms with Gasteiger partial charge >= 0.3 is 0 Å². The maximum Gasteiger partial charge on any atom is 0.263 e. The number of nitrogens with one attached hydrogen (secondary N) is 1. The van der Waals surface area contributed by atoms with E-state index in [-0.39, 0.29) is 10.7 Å². The minimum Gasteiger partial charge on any atom is -0.493 e. The lowest BCUT2D eigenvalue weighted by atomic mass is 10.1. The lowest BCUT2D eigenvalue weighted by molar-refractivity contribution is 0.415. The zero-order valence-corrected chi connectivity index (χ0v) is 13.4. The normalized spacial score (nSPS) is 13.7. The van der Waals surface area contributed by atoms with Gasteiger partial charge in [0.05, 0.1) is 12.0 Å². The summed E-state index contributed by atoms with van der Waals surface area (Å²) >= 11 is 0. The lowest BCUT2D eigenvalue weighted by Gasteiger charge is -2.12. The van der Waals surface area contributed by atoms with Gasteiger partial charge in [0.25, 0.3) is 10.0 Å². The molecule has 22 heavy (non-hydrogen) atoms. The van der Waals surface area contributed by atoms with E-state index in [4.69, 9.17) is 4.74 Å². The van der Waals surface area contributed by atoms with Gasteiger partial charge in [-0.25, -0.2) is 13.4 Å². The van der Waals surface area contributed by atoms with Crippen molar-refractivity contribution in [2.45, 2.75) is 31.1 Å². The van der Waals surface area contributed by atoms with Crippen molar-refractivity contribution in [2.24, 2.45) is 0 Å². The summed E-state index contributed by atoms with van der Waals surface area (Å²) < 4.78 is 32.8. The van der Waals surface area contributed by atoms with Gasteiger partial charge in [-0.1, -0.05) is 6.07 Å². The van der Waals surface area contributed by atoms with E-state index >= 15 is 0 Å². The van der Waals surface area contributed by atoms with Gasteiger partial charge in [0, 0.05) is 5.69 Å². The summed E-state index contributed by atoms with van der Waals surface area (Å²) in [5.41, 5.74) is 3.07. The number of hydrogen-bond acceptors (Lipinski definition) is 4. The minimum atomic E-state index is -3.68. The van der Waals surface area contributed by atoms with Gasteiger partial charge in [0.1, 0.15) is 0 Å². The zero-order chi connectivity index (χ0) is 15.7. The Morgan fingerprint density at radius 1 is 1.14 bits per heavy atom. The number of rotatable bonds is 4. The number of methoxy groups -OCH3 is 1. The number of benzene rings is 1. The fourth-order valence-electron chi connectivity index (χ4n) is 2.68. The molecule has 1 N–H and O–H groups in total. The first-order chi connectivity index (χ1) is 10.5. The van der Waals surface area contributed by atoms with E-state index in [1.54, 1.807) is 31.2 Å². The summed E-state index contributed by atoms with van der Waals surface area (Å²) in [5.74, 6) is 0.610. The molecule has 1 aliphatic rings. The van der Waals surface area contributed by atoms with Gasteiger partial charge in [-0.3, -0.25) is 4.72 Å². The van der Waals surface area contributed by atoms with Crippen LogP contribution >= 0.6 is 0 Å². The molecule has 116 valence electrons. The molecular weight excluding hydrogens is 300 g/mol. The Hall–Kier alpha value is -2.08. The molecule has 1 aromatic carbocycles. The van der Waals surface area contributed by atoms with Crippen LogP contribution in [0.5, 0.6) is 5.75 Å². The third-order valence-electron chi connectivity index (χ3n) is 3.83. The van der Waals surface area contributed by atoms with Crippen molar-refractivity contribution in [3.8, 4) is 5.75 Å². The summed E-state index contributed by atoms with van der Waals surface area (Å²) in [6, 6.07) is 8.77. The Kier molecular flexibility index (Phi) is 3.78. The first-order valence-electron chi connectivity index (χ1n) is 7.16. The molecule has 0 unspecified atom stereocenters. The van der Waals surface area contributed by atoms with Crippen molar-refractivity contribution in [2.75, 3.05) is 11.8 Å². The molecule has 0 saturated carbocycles. The fourth-order valence-corrected chi connectivity index (χ4v) is 3.75. The maximum absolute atomic E-state index is 12.6. The van der Waals surface area contributed by atoms with Gasteiger partial charge < -0.3 is 4.74 Å². The predicted octanol–water partition coefficient (Wildman–Crippen LogP) is 2.69. The molecule has 5 nitrogen and oxygen atoms in total. The number of hydrogen-bond donors (Lipinski definition) is 1. The van der Waals surface area contributed by atoms with Crippen LogP contribution in [0.1, 0.15) is 23.2 Å². The van der Waals surface area contributed by atoms with E-state index in [2.05, 4.69) is 9.71 Å². The van der Waals surface area contributed by atoms with Crippen LogP contribution in [0.3, 0.4) is 0 Å². The van der Waals surface area contributed by atoms with E-state index in [9.17, 15) is 8.42 Å². The molecule has 1 aromatic heterocycles. The summed E-state index contributed by atoms with van der Waals surface area (Å²) in [7, 11) is -2.19. The number of nitrogens with zero attached hydrogens (tertiary/aromatic N) is 1. The second-order valence-electron chi connectivity index (χ2n) is 5.39. The van der Waals surface area contributed by atoms with Crippen molar-refractivity contribution in [3.05, 3.63) is 47.2 Å². The third kappa shape index (κ3) is 2.78. The van der Waals surface area contributed by atoms with Crippen LogP contribution in [0.15, 0.2) is 35.2 Å². The van der Waals surface area contributed by atoms with Crippen molar-refractivity contribution in [1.29, 1.82) is 0 Å². The number of sulfonamides is 1. The fraction of sp³-hybridized carbons (Fsp3) is 0.312. The number of aromatic nitrogens is 1. The van der Waals surface area contributed by atoms with E-state index in [0.717, 1.165) is 24.8 Å². The number of anilines is 1. The zero-order valence-electron chi connectivity index (χ0n) is 12.6. The highest BCUT2D eigenvalue weighted by molar-refractivity contribution is 7.92. The largest absolute Gasteiger partial charge is 0.493 e. The summed E-state index contributed by atoms with van der Waals surface area (Å²) in [6.45, 7) is 1.80. The predicted molar refractivity (Wildman–Crippen MR) is 84.8 cm³/mol. The van der Waals surface area contributed by atoms with Crippen LogP contribution < -0.4 is 9.46 Å². The summed E-state index contributed by atoms with van der Waals surface area (Å²) in [4.78, 5) is 4.47. The van der Waals surface area contributed by atoms with Crippen molar-refractivity contribution in [1.82, 2.24) is 4.98 Å². The average Bonchev–Trinajstić information content (AvgIpc) is 2.94. The summed E-state index contributed by atoms with van der Waals surface area (Å²) in [6.07, 6.45) is 3.04. The molecular formula is C16H18N2O3S. The highest BCUT2D eigenvalue weighted by Crippen LogP contribution is 2.28. The molecule has 0 fully saturated rings. The van der Waals surface area contributed by atoms with Gasteiger partial charge in [-0.2, -0.15) is 0 Å². The Morgan fingerprint density at radius 3 is 2.68 bits per heavy atom. The van der Waals surface area contributed by atoms with Crippen LogP contribution in [0.4, 0.5) is 5.82 Å². The van der Waals surface area contributed by atoms with Crippen LogP contribution in [0.2, 0.25) is 0 Å². The SMILES string of the molecule is COc1ccc(C)nc1NS(=O)(=O)c1ccc2c(c1)CCC2. The van der Waals surface area contributed by atoms with Gasteiger partial charge in [-0.15, -0.1) is 0 Å². The molecule has 1 heterocycles. The molecule has 6 heteroatoms. The Bertz CT molecular complexity index is 816. The molecule has 0 radical (unpaired) electrons. The number of pyridine rings is 1. The molecule has 0 aliphatic heterocycles. The molecule has 2 aromatic rings. The first kappa shape index (κ1) is 14.8. The van der Waals surface area contributed by atoms with Gasteiger partial charge in [0.15, 0.2) is 11.6 Å². The van der Waals surface area contributed by atoms with Gasteiger partial charge in [0.2, 0.25) is 0 Å². The minimum absolute atomic E-state index is 0.211. The quantitative estimate of drug-likeness (QED) is 0.941. The first-order valence-corrected chi connectivity index (χ1v) is 8.64. The van der Waals surface area contributed by atoms with E-state index < -0.39 is 10.0 Å². The second-order valence-corrected chi connectivity index (χ2v) is 7.08. The second kappa shape index (κ2) is 5.61. The number of ether oxygens (including phenoxy) is 1. The molecule has 3 rings (SSSR count). The lowest BCUT2D eigenvalue weighted by Crippen LogP contribution is -2.15. The molecule has 0 saturated heterocycles. The number of fused-ring (bicyclic) bond motifs is 1. The van der Waals surface area contributed by atoms with Crippen LogP contribution in [-0.2, 0) is 22.9 Å². The molecule has 0 atom stereocenters. The Morgan fingerprint density at radius 2 is 1.91 bits per heavy atom.